The lowest BCUT2D eigenvalue weighted by Crippen LogP contribution is -2.22. The van der Waals surface area contributed by atoms with E-state index in [-0.39, 0.29) is 11.9 Å². The first-order valence-corrected chi connectivity index (χ1v) is 4.51. The molecule has 0 heterocycles. The summed E-state index contributed by atoms with van der Waals surface area (Å²) in [6.45, 7) is 4.33. The Kier molecular flexibility index (Phi) is 7.22. The molecular formula is C9H17N3O2. The lowest BCUT2D eigenvalue weighted by atomic mass is 10.2. The number of carbonyl (C=O) groups is 1. The van der Waals surface area contributed by atoms with Crippen LogP contribution in [0.15, 0.2) is 17.6 Å². The van der Waals surface area contributed by atoms with Crippen LogP contribution in [-0.2, 0) is 9.53 Å². The smallest absolute Gasteiger partial charge is 0.330 e. The molecule has 0 saturated carbocycles. The second kappa shape index (κ2) is 8.10. The van der Waals surface area contributed by atoms with Gasteiger partial charge in [0.15, 0.2) is 5.96 Å². The van der Waals surface area contributed by atoms with Gasteiger partial charge in [0.25, 0.3) is 0 Å². The zero-order valence-electron chi connectivity index (χ0n) is 8.24. The van der Waals surface area contributed by atoms with Gasteiger partial charge < -0.3 is 16.2 Å². The van der Waals surface area contributed by atoms with Crippen LogP contribution in [0, 0.1) is 0 Å². The summed E-state index contributed by atoms with van der Waals surface area (Å²) in [5, 5.41) is 0. The molecule has 0 aromatic carbocycles. The van der Waals surface area contributed by atoms with Crippen LogP contribution in [0.1, 0.15) is 19.3 Å². The highest BCUT2D eigenvalue weighted by atomic mass is 16.5. The first-order chi connectivity index (χ1) is 6.66. The van der Waals surface area contributed by atoms with Crippen LogP contribution < -0.4 is 11.5 Å². The Balaban J connectivity index is 3.18. The van der Waals surface area contributed by atoms with Crippen molar-refractivity contribution >= 4 is 11.9 Å². The van der Waals surface area contributed by atoms with E-state index in [9.17, 15) is 4.79 Å². The molecule has 5 heteroatoms. The molecule has 80 valence electrons. The molecule has 5 nitrogen and oxygen atoms in total. The Labute approximate surface area is 83.8 Å². The van der Waals surface area contributed by atoms with Crippen molar-refractivity contribution in [2.75, 3.05) is 13.2 Å². The second-order valence-electron chi connectivity index (χ2n) is 2.74. The fraction of sp³-hybridized carbons (Fsp3) is 0.556. The SMILES string of the molecule is C=CC(=O)OCCCCCN=C(N)N. The van der Waals surface area contributed by atoms with E-state index in [1.165, 1.54) is 0 Å². The Morgan fingerprint density at radius 3 is 2.64 bits per heavy atom. The summed E-state index contributed by atoms with van der Waals surface area (Å²) in [4.78, 5) is 14.4. The largest absolute Gasteiger partial charge is 0.463 e. The number of hydrogen-bond acceptors (Lipinski definition) is 3. The van der Waals surface area contributed by atoms with Crippen LogP contribution in [0.5, 0.6) is 0 Å². The van der Waals surface area contributed by atoms with Crippen molar-refractivity contribution in [1.82, 2.24) is 0 Å². The van der Waals surface area contributed by atoms with E-state index in [1.807, 2.05) is 0 Å². The fourth-order valence-corrected chi connectivity index (χ4v) is 0.830. The lowest BCUT2D eigenvalue weighted by molar-refractivity contribution is -0.137. The van der Waals surface area contributed by atoms with Crippen LogP contribution in [0.3, 0.4) is 0 Å². The van der Waals surface area contributed by atoms with Gasteiger partial charge in [0.1, 0.15) is 0 Å². The van der Waals surface area contributed by atoms with Crippen molar-refractivity contribution in [2.45, 2.75) is 19.3 Å². The molecule has 0 bridgehead atoms. The van der Waals surface area contributed by atoms with Gasteiger partial charge in [-0.1, -0.05) is 6.58 Å². The third kappa shape index (κ3) is 8.58. The molecule has 0 aromatic rings. The van der Waals surface area contributed by atoms with Crippen LogP contribution >= 0.6 is 0 Å². The number of guanidine groups is 1. The molecule has 4 N–H and O–H groups in total. The van der Waals surface area contributed by atoms with Gasteiger partial charge in [0.05, 0.1) is 6.61 Å². The number of hydrogen-bond donors (Lipinski definition) is 2. The fourth-order valence-electron chi connectivity index (χ4n) is 0.830. The predicted molar refractivity (Wildman–Crippen MR) is 55.7 cm³/mol. The Hall–Kier alpha value is -1.52. The molecule has 0 aliphatic rings. The molecule has 0 amide bonds. The maximum atomic E-state index is 10.6. The van der Waals surface area contributed by atoms with Crippen molar-refractivity contribution < 1.29 is 9.53 Å². The van der Waals surface area contributed by atoms with Gasteiger partial charge in [-0.2, -0.15) is 0 Å². The predicted octanol–water partition coefficient (Wildman–Crippen LogP) is 0.159. The van der Waals surface area contributed by atoms with E-state index in [0.29, 0.717) is 13.2 Å². The Morgan fingerprint density at radius 2 is 2.07 bits per heavy atom. The maximum absolute atomic E-state index is 10.6. The van der Waals surface area contributed by atoms with E-state index in [2.05, 4.69) is 11.6 Å². The molecule has 0 rings (SSSR count). The molecule has 0 atom stereocenters. The van der Waals surface area contributed by atoms with E-state index in [4.69, 9.17) is 16.2 Å². The number of esters is 1. The van der Waals surface area contributed by atoms with Crippen LogP contribution in [-0.4, -0.2) is 25.1 Å². The highest BCUT2D eigenvalue weighted by Crippen LogP contribution is 1.96. The normalized spacial score (nSPS) is 9.14. The summed E-state index contributed by atoms with van der Waals surface area (Å²) < 4.78 is 4.78. The monoisotopic (exact) mass is 199 g/mol. The van der Waals surface area contributed by atoms with Crippen molar-refractivity contribution in [1.29, 1.82) is 0 Å². The van der Waals surface area contributed by atoms with Crippen molar-refractivity contribution in [3.05, 3.63) is 12.7 Å². The highest BCUT2D eigenvalue weighted by molar-refractivity contribution is 5.81. The molecule has 14 heavy (non-hydrogen) atoms. The van der Waals surface area contributed by atoms with Crippen LogP contribution in [0.2, 0.25) is 0 Å². The summed E-state index contributed by atoms with van der Waals surface area (Å²) in [6, 6.07) is 0. The highest BCUT2D eigenvalue weighted by Gasteiger charge is 1.94. The summed E-state index contributed by atoms with van der Waals surface area (Å²) in [5.74, 6) is -0.266. The van der Waals surface area contributed by atoms with E-state index in [1.54, 1.807) is 0 Å². The number of ether oxygens (including phenoxy) is 1. The number of unbranched alkanes of at least 4 members (excludes halogenated alkanes) is 2. The Morgan fingerprint density at radius 1 is 1.36 bits per heavy atom. The van der Waals surface area contributed by atoms with E-state index < -0.39 is 0 Å². The summed E-state index contributed by atoms with van der Waals surface area (Å²) in [6.07, 6.45) is 3.80. The Bertz CT molecular complexity index is 210. The van der Waals surface area contributed by atoms with Gasteiger partial charge in [-0.05, 0) is 19.3 Å². The average Bonchev–Trinajstić information content (AvgIpc) is 2.15. The molecule has 0 spiro atoms. The van der Waals surface area contributed by atoms with Gasteiger partial charge in [0.2, 0.25) is 0 Å². The average molecular weight is 199 g/mol. The molecular weight excluding hydrogens is 182 g/mol. The number of aliphatic imine (C=N–C) groups is 1. The van der Waals surface area contributed by atoms with Gasteiger partial charge >= 0.3 is 5.97 Å². The number of rotatable bonds is 7. The molecule has 0 aliphatic carbocycles. The molecule has 0 fully saturated rings. The quantitative estimate of drug-likeness (QED) is 0.201. The van der Waals surface area contributed by atoms with Crippen molar-refractivity contribution in [3.63, 3.8) is 0 Å². The minimum absolute atomic E-state index is 0.114. The molecule has 0 unspecified atom stereocenters. The van der Waals surface area contributed by atoms with Crippen LogP contribution in [0.4, 0.5) is 0 Å². The summed E-state index contributed by atoms with van der Waals surface area (Å²) >= 11 is 0. The maximum Gasteiger partial charge on any atom is 0.330 e. The molecule has 0 aromatic heterocycles. The molecule has 0 aliphatic heterocycles. The zero-order valence-corrected chi connectivity index (χ0v) is 8.24. The van der Waals surface area contributed by atoms with Gasteiger partial charge in [0, 0.05) is 12.6 Å². The van der Waals surface area contributed by atoms with Gasteiger partial charge in [-0.3, -0.25) is 4.99 Å². The van der Waals surface area contributed by atoms with Crippen molar-refractivity contribution in [2.24, 2.45) is 16.5 Å². The third-order valence-electron chi connectivity index (χ3n) is 1.51. The minimum atomic E-state index is -0.380. The standard InChI is InChI=1S/C9H17N3O2/c1-2-8(13)14-7-5-3-4-6-12-9(10)11/h2H,1,3-7H2,(H4,10,11,12). The summed E-state index contributed by atoms with van der Waals surface area (Å²) in [7, 11) is 0. The number of nitrogens with zero attached hydrogens (tertiary/aromatic N) is 1. The van der Waals surface area contributed by atoms with Gasteiger partial charge in [-0.15, -0.1) is 0 Å². The third-order valence-corrected chi connectivity index (χ3v) is 1.51. The molecule has 0 radical (unpaired) electrons. The second-order valence-corrected chi connectivity index (χ2v) is 2.74. The zero-order chi connectivity index (χ0) is 10.8. The number of nitrogens with two attached hydrogens (primary N) is 2. The van der Waals surface area contributed by atoms with E-state index in [0.717, 1.165) is 25.3 Å². The van der Waals surface area contributed by atoms with Crippen molar-refractivity contribution in [3.8, 4) is 0 Å². The van der Waals surface area contributed by atoms with E-state index >= 15 is 0 Å². The lowest BCUT2D eigenvalue weighted by Gasteiger charge is -2.00. The summed E-state index contributed by atoms with van der Waals surface area (Å²) in [5.41, 5.74) is 10.3. The topological polar surface area (TPSA) is 90.7 Å². The number of carbonyl (C=O) groups excluding carboxylic acids is 1. The first kappa shape index (κ1) is 12.5. The minimum Gasteiger partial charge on any atom is -0.463 e. The van der Waals surface area contributed by atoms with Crippen LogP contribution in [0.25, 0.3) is 0 Å². The van der Waals surface area contributed by atoms with Gasteiger partial charge in [-0.25, -0.2) is 4.79 Å². The first-order valence-electron chi connectivity index (χ1n) is 4.51. The molecule has 0 saturated heterocycles.